The number of ether oxygens (including phenoxy) is 1. The van der Waals surface area contributed by atoms with E-state index in [-0.39, 0.29) is 22.3 Å². The third-order valence-corrected chi connectivity index (χ3v) is 11.9. The normalized spacial score (nSPS) is 13.7. The Balaban J connectivity index is 2.30. The minimum absolute atomic E-state index is 0.140. The number of hydrogen-bond donors (Lipinski definition) is 0. The molecule has 0 N–H and O–H groups in total. The largest absolute Gasteiger partial charge is 0.426 e. The van der Waals surface area contributed by atoms with Crippen LogP contribution in [0, 0.1) is 19.8 Å². The smallest absolute Gasteiger partial charge is 0.318 e. The van der Waals surface area contributed by atoms with Gasteiger partial charge < -0.3 is 9.16 Å². The van der Waals surface area contributed by atoms with Crippen molar-refractivity contribution in [1.82, 2.24) is 0 Å². The molecule has 1 atom stereocenters. The molecule has 35 heavy (non-hydrogen) atoms. The highest BCUT2D eigenvalue weighted by Crippen LogP contribution is 2.41. The minimum atomic E-state index is -1.91. The van der Waals surface area contributed by atoms with Crippen LogP contribution in [0.4, 0.5) is 0 Å². The van der Waals surface area contributed by atoms with Gasteiger partial charge in [-0.2, -0.15) is 0 Å². The van der Waals surface area contributed by atoms with Gasteiger partial charge >= 0.3 is 5.97 Å². The Bertz CT molecular complexity index is 1010. The number of hydrogen-bond acceptors (Lipinski definition) is 3. The Labute approximate surface area is 215 Å². The van der Waals surface area contributed by atoms with Gasteiger partial charge in [-0.25, -0.2) is 0 Å². The van der Waals surface area contributed by atoms with Crippen molar-refractivity contribution in [3.63, 3.8) is 0 Å². The molecule has 2 aromatic rings. The molecule has 0 aliphatic heterocycles. The van der Waals surface area contributed by atoms with Crippen LogP contribution in [0.3, 0.4) is 0 Å². The summed E-state index contributed by atoms with van der Waals surface area (Å²) in [5.74, 6) is 0.687. The van der Waals surface area contributed by atoms with Crippen LogP contribution in [0.5, 0.6) is 5.75 Å². The maximum absolute atomic E-state index is 13.3. The Morgan fingerprint density at radius 2 is 1.51 bits per heavy atom. The highest BCUT2D eigenvalue weighted by atomic mass is 28.4. The Hall–Kier alpha value is -1.91. The van der Waals surface area contributed by atoms with E-state index in [0.717, 1.165) is 28.7 Å². The van der Waals surface area contributed by atoms with E-state index in [1.807, 2.05) is 19.9 Å². The molecule has 0 bridgehead atoms. The predicted octanol–water partition coefficient (Wildman–Crippen LogP) is 8.51. The van der Waals surface area contributed by atoms with Crippen molar-refractivity contribution in [3.05, 3.63) is 64.2 Å². The van der Waals surface area contributed by atoms with Crippen molar-refractivity contribution >= 4 is 14.3 Å². The van der Waals surface area contributed by atoms with E-state index in [2.05, 4.69) is 98.8 Å². The van der Waals surface area contributed by atoms with Crippen molar-refractivity contribution in [3.8, 4) is 5.75 Å². The average Bonchev–Trinajstić information content (AvgIpc) is 2.70. The summed E-state index contributed by atoms with van der Waals surface area (Å²) in [7, 11) is -1.91. The molecule has 0 fully saturated rings. The summed E-state index contributed by atoms with van der Waals surface area (Å²) >= 11 is 0. The van der Waals surface area contributed by atoms with Crippen LogP contribution in [-0.2, 0) is 21.1 Å². The number of carbonyl (C=O) groups is 1. The first-order valence-corrected chi connectivity index (χ1v) is 15.9. The maximum atomic E-state index is 13.3. The molecule has 0 saturated heterocycles. The highest BCUT2D eigenvalue weighted by molar-refractivity contribution is 6.74. The zero-order valence-electron chi connectivity index (χ0n) is 24.3. The van der Waals surface area contributed by atoms with Crippen molar-refractivity contribution in [2.75, 3.05) is 6.61 Å². The zero-order valence-corrected chi connectivity index (χ0v) is 25.3. The fraction of sp³-hybridized carbons (Fsp3) is 0.581. The van der Waals surface area contributed by atoms with E-state index < -0.39 is 8.32 Å². The van der Waals surface area contributed by atoms with Crippen LogP contribution in [0.1, 0.15) is 89.1 Å². The molecule has 0 heterocycles. The number of benzene rings is 2. The topological polar surface area (TPSA) is 35.5 Å². The van der Waals surface area contributed by atoms with Gasteiger partial charge in [-0.05, 0) is 79.6 Å². The lowest BCUT2D eigenvalue weighted by Crippen LogP contribution is -2.44. The van der Waals surface area contributed by atoms with E-state index in [1.54, 1.807) is 0 Å². The quantitative estimate of drug-likeness (QED) is 0.198. The minimum Gasteiger partial charge on any atom is -0.426 e. The molecule has 0 amide bonds. The van der Waals surface area contributed by atoms with Crippen LogP contribution < -0.4 is 4.74 Å². The summed E-state index contributed by atoms with van der Waals surface area (Å²) in [6.07, 6.45) is 1.04. The van der Waals surface area contributed by atoms with Crippen molar-refractivity contribution in [2.45, 2.75) is 105 Å². The summed E-state index contributed by atoms with van der Waals surface area (Å²) in [6.45, 7) is 26.8. The molecule has 2 aromatic carbocycles. The third-order valence-electron chi connectivity index (χ3n) is 7.41. The number of rotatable bonds is 9. The lowest BCUT2D eigenvalue weighted by molar-refractivity contribution is -0.135. The second-order valence-electron chi connectivity index (χ2n) is 12.9. The van der Waals surface area contributed by atoms with E-state index in [0.29, 0.717) is 18.3 Å². The van der Waals surface area contributed by atoms with Crippen molar-refractivity contribution in [1.29, 1.82) is 0 Å². The van der Waals surface area contributed by atoms with Gasteiger partial charge in [0.1, 0.15) is 5.75 Å². The lowest BCUT2D eigenvalue weighted by Gasteiger charge is -2.39. The van der Waals surface area contributed by atoms with E-state index in [4.69, 9.17) is 9.16 Å². The molecular weight excluding hydrogens is 448 g/mol. The van der Waals surface area contributed by atoms with E-state index in [9.17, 15) is 4.79 Å². The first-order valence-electron chi connectivity index (χ1n) is 13.0. The van der Waals surface area contributed by atoms with Gasteiger partial charge in [0.05, 0.1) is 5.92 Å². The Morgan fingerprint density at radius 1 is 0.943 bits per heavy atom. The lowest BCUT2D eigenvalue weighted by atomic mass is 9.81. The van der Waals surface area contributed by atoms with Gasteiger partial charge in [0.25, 0.3) is 0 Å². The molecule has 0 aliphatic rings. The molecule has 0 unspecified atom stereocenters. The van der Waals surface area contributed by atoms with Gasteiger partial charge in [0, 0.05) is 17.6 Å². The third kappa shape index (κ3) is 7.53. The van der Waals surface area contributed by atoms with Crippen molar-refractivity contribution < 1.29 is 14.0 Å². The van der Waals surface area contributed by atoms with Crippen LogP contribution in [0.25, 0.3) is 0 Å². The molecule has 2 rings (SSSR count). The summed E-state index contributed by atoms with van der Waals surface area (Å²) in [6, 6.07) is 12.5. The Kier molecular flexibility index (Phi) is 9.22. The van der Waals surface area contributed by atoms with Gasteiger partial charge in [0.2, 0.25) is 0 Å². The monoisotopic (exact) mass is 496 g/mol. The summed E-state index contributed by atoms with van der Waals surface area (Å²) in [5, 5.41) is 0.140. The molecule has 0 radical (unpaired) electrons. The number of esters is 1. The second-order valence-corrected chi connectivity index (χ2v) is 17.7. The van der Waals surface area contributed by atoms with Gasteiger partial charge in [-0.15, -0.1) is 0 Å². The molecular formula is C31H48O3Si. The molecule has 4 heteroatoms. The van der Waals surface area contributed by atoms with Crippen molar-refractivity contribution in [2.24, 2.45) is 5.92 Å². The summed E-state index contributed by atoms with van der Waals surface area (Å²) < 4.78 is 12.7. The van der Waals surface area contributed by atoms with E-state index in [1.165, 1.54) is 5.56 Å². The second kappa shape index (κ2) is 11.0. The van der Waals surface area contributed by atoms with Gasteiger partial charge in [-0.1, -0.05) is 78.8 Å². The van der Waals surface area contributed by atoms with Crippen LogP contribution in [0.2, 0.25) is 18.1 Å². The predicted molar refractivity (Wildman–Crippen MR) is 151 cm³/mol. The molecule has 0 spiro atoms. The highest BCUT2D eigenvalue weighted by Gasteiger charge is 2.39. The van der Waals surface area contributed by atoms with E-state index >= 15 is 0 Å². The van der Waals surface area contributed by atoms with Crippen LogP contribution in [0.15, 0.2) is 36.4 Å². The molecule has 194 valence electrons. The number of carbonyl (C=O) groups excluding carboxylic acids is 1. The van der Waals surface area contributed by atoms with Crippen LogP contribution >= 0.6 is 0 Å². The fourth-order valence-electron chi connectivity index (χ4n) is 4.27. The molecule has 0 aromatic heterocycles. The fourth-order valence-corrected chi connectivity index (χ4v) is 5.43. The summed E-state index contributed by atoms with van der Waals surface area (Å²) in [4.78, 5) is 13.3. The standard InChI is InChI=1S/C31H48O3Si/c1-21(2)17-25-13-15-26(16-14-25)24(5)29(32)34-27-19-22(3)18-23(4)28(27)31(9,10)20-33-35(11,12)30(6,7)8/h13-16,18-19,21,24H,17,20H2,1-12H3/t24-/m0/s1. The zero-order chi connectivity index (χ0) is 26.8. The average molecular weight is 497 g/mol. The SMILES string of the molecule is Cc1cc(C)c(C(C)(C)CO[Si](C)(C)C(C)(C)C)c(OC(=O)[C@@H](C)c2ccc(CC(C)C)cc2)c1. The van der Waals surface area contributed by atoms with Gasteiger partial charge in [0.15, 0.2) is 8.32 Å². The molecule has 3 nitrogen and oxygen atoms in total. The van der Waals surface area contributed by atoms with Gasteiger partial charge in [-0.3, -0.25) is 4.79 Å². The maximum Gasteiger partial charge on any atom is 0.318 e. The molecule has 0 saturated carbocycles. The first-order chi connectivity index (χ1) is 15.9. The summed E-state index contributed by atoms with van der Waals surface area (Å²) in [5.41, 5.74) is 5.24. The Morgan fingerprint density at radius 3 is 2.03 bits per heavy atom. The first kappa shape index (κ1) is 29.3. The number of aryl methyl sites for hydroxylation is 2. The van der Waals surface area contributed by atoms with Crippen LogP contribution in [-0.4, -0.2) is 20.9 Å². The molecule has 0 aliphatic carbocycles.